The molecule has 1 N–H and O–H groups in total. The molecule has 3 heteroatoms. The summed E-state index contributed by atoms with van der Waals surface area (Å²) in [6.45, 7) is 10.1. The van der Waals surface area contributed by atoms with Gasteiger partial charge in [-0.05, 0) is 25.8 Å². The molecule has 0 aromatic heterocycles. The zero-order valence-electron chi connectivity index (χ0n) is 9.33. The van der Waals surface area contributed by atoms with Gasteiger partial charge in [0.1, 0.15) is 0 Å². The Morgan fingerprint density at radius 1 is 1.50 bits per heavy atom. The second-order valence-electron chi connectivity index (χ2n) is 4.74. The van der Waals surface area contributed by atoms with Crippen molar-refractivity contribution < 1.29 is 4.74 Å². The van der Waals surface area contributed by atoms with Crippen LogP contribution in [0, 0.1) is 5.92 Å². The Morgan fingerprint density at radius 2 is 2.36 bits per heavy atom. The van der Waals surface area contributed by atoms with E-state index in [4.69, 9.17) is 4.74 Å². The first-order valence-corrected chi connectivity index (χ1v) is 5.83. The summed E-state index contributed by atoms with van der Waals surface area (Å²) >= 11 is 0. The van der Waals surface area contributed by atoms with E-state index in [1.54, 1.807) is 0 Å². The first-order valence-electron chi connectivity index (χ1n) is 5.83. The van der Waals surface area contributed by atoms with Gasteiger partial charge >= 0.3 is 0 Å². The number of hydrogen-bond donors (Lipinski definition) is 1. The standard InChI is InChI=1S/C11H22N2O/c1-9-3-5-13(8-9)10(2)11-7-12-4-6-14-11/h9-12H,3-8H2,1-2H3. The lowest BCUT2D eigenvalue weighted by Gasteiger charge is -2.34. The highest BCUT2D eigenvalue weighted by molar-refractivity contribution is 4.84. The third-order valence-electron chi connectivity index (χ3n) is 3.53. The summed E-state index contributed by atoms with van der Waals surface area (Å²) in [5.74, 6) is 0.869. The van der Waals surface area contributed by atoms with Crippen LogP contribution in [0.1, 0.15) is 20.3 Å². The predicted octanol–water partition coefficient (Wildman–Crippen LogP) is 0.705. The van der Waals surface area contributed by atoms with Gasteiger partial charge in [-0.2, -0.15) is 0 Å². The van der Waals surface area contributed by atoms with Crippen molar-refractivity contribution in [2.24, 2.45) is 5.92 Å². The van der Waals surface area contributed by atoms with Crippen LogP contribution < -0.4 is 5.32 Å². The molecule has 0 aromatic rings. The van der Waals surface area contributed by atoms with Crippen molar-refractivity contribution >= 4 is 0 Å². The van der Waals surface area contributed by atoms with Gasteiger partial charge < -0.3 is 10.1 Å². The fraction of sp³-hybridized carbons (Fsp3) is 1.00. The summed E-state index contributed by atoms with van der Waals surface area (Å²) in [6, 6.07) is 0.577. The third kappa shape index (κ3) is 2.27. The minimum absolute atomic E-state index is 0.397. The maximum Gasteiger partial charge on any atom is 0.0852 e. The first-order chi connectivity index (χ1) is 6.77. The van der Waals surface area contributed by atoms with Gasteiger partial charge in [0.2, 0.25) is 0 Å². The highest BCUT2D eigenvalue weighted by Crippen LogP contribution is 2.20. The van der Waals surface area contributed by atoms with Crippen LogP contribution in [-0.2, 0) is 4.74 Å². The van der Waals surface area contributed by atoms with E-state index < -0.39 is 0 Å². The SMILES string of the molecule is CC1CCN(C(C)C2CNCCO2)C1. The number of hydrogen-bond acceptors (Lipinski definition) is 3. The van der Waals surface area contributed by atoms with Crippen molar-refractivity contribution in [2.75, 3.05) is 32.8 Å². The molecule has 0 spiro atoms. The molecule has 0 bridgehead atoms. The molecule has 2 aliphatic rings. The molecule has 14 heavy (non-hydrogen) atoms. The van der Waals surface area contributed by atoms with Crippen LogP contribution in [-0.4, -0.2) is 49.8 Å². The number of nitrogens with one attached hydrogen (secondary N) is 1. The number of nitrogens with zero attached hydrogens (tertiary/aromatic N) is 1. The van der Waals surface area contributed by atoms with E-state index in [1.807, 2.05) is 0 Å². The third-order valence-corrected chi connectivity index (χ3v) is 3.53. The van der Waals surface area contributed by atoms with Crippen LogP contribution in [0.5, 0.6) is 0 Å². The Balaban J connectivity index is 1.84. The van der Waals surface area contributed by atoms with E-state index in [-0.39, 0.29) is 0 Å². The molecule has 0 saturated carbocycles. The van der Waals surface area contributed by atoms with Gasteiger partial charge in [0.25, 0.3) is 0 Å². The lowest BCUT2D eigenvalue weighted by atomic mass is 10.1. The molecule has 3 atom stereocenters. The molecule has 0 aliphatic carbocycles. The molecular formula is C11H22N2O. The van der Waals surface area contributed by atoms with Gasteiger partial charge in [-0.3, -0.25) is 4.90 Å². The molecule has 2 fully saturated rings. The Kier molecular flexibility index (Phi) is 3.42. The molecular weight excluding hydrogens is 176 g/mol. The van der Waals surface area contributed by atoms with Crippen molar-refractivity contribution in [3.05, 3.63) is 0 Å². The predicted molar refractivity (Wildman–Crippen MR) is 57.4 cm³/mol. The average molecular weight is 198 g/mol. The molecule has 3 nitrogen and oxygen atoms in total. The number of likely N-dealkylation sites (tertiary alicyclic amines) is 1. The molecule has 2 aliphatic heterocycles. The summed E-state index contributed by atoms with van der Waals surface area (Å²) in [5, 5.41) is 3.40. The summed E-state index contributed by atoms with van der Waals surface area (Å²) in [4.78, 5) is 2.57. The molecule has 3 unspecified atom stereocenters. The Morgan fingerprint density at radius 3 is 2.93 bits per heavy atom. The second-order valence-corrected chi connectivity index (χ2v) is 4.74. The van der Waals surface area contributed by atoms with Gasteiger partial charge in [-0.15, -0.1) is 0 Å². The Bertz CT molecular complexity index is 175. The van der Waals surface area contributed by atoms with E-state index in [9.17, 15) is 0 Å². The number of ether oxygens (including phenoxy) is 1. The zero-order valence-corrected chi connectivity index (χ0v) is 9.33. The van der Waals surface area contributed by atoms with Gasteiger partial charge in [0.05, 0.1) is 12.7 Å². The smallest absolute Gasteiger partial charge is 0.0852 e. The molecule has 2 heterocycles. The van der Waals surface area contributed by atoms with E-state index in [0.29, 0.717) is 12.1 Å². The maximum absolute atomic E-state index is 5.78. The highest BCUT2D eigenvalue weighted by Gasteiger charge is 2.29. The summed E-state index contributed by atoms with van der Waals surface area (Å²) in [5.41, 5.74) is 0. The molecule has 2 saturated heterocycles. The van der Waals surface area contributed by atoms with E-state index in [2.05, 4.69) is 24.1 Å². The maximum atomic E-state index is 5.78. The Labute approximate surface area is 86.8 Å². The largest absolute Gasteiger partial charge is 0.374 e. The van der Waals surface area contributed by atoms with E-state index >= 15 is 0 Å². The van der Waals surface area contributed by atoms with E-state index in [0.717, 1.165) is 25.6 Å². The minimum atomic E-state index is 0.397. The zero-order chi connectivity index (χ0) is 9.97. The molecule has 0 aromatic carbocycles. The topological polar surface area (TPSA) is 24.5 Å². The molecule has 0 amide bonds. The number of rotatable bonds is 2. The van der Waals surface area contributed by atoms with E-state index in [1.165, 1.54) is 19.5 Å². The summed E-state index contributed by atoms with van der Waals surface area (Å²) in [6.07, 6.45) is 1.75. The van der Waals surface area contributed by atoms with Crippen LogP contribution >= 0.6 is 0 Å². The summed E-state index contributed by atoms with van der Waals surface area (Å²) < 4.78 is 5.78. The van der Waals surface area contributed by atoms with Crippen molar-refractivity contribution in [3.63, 3.8) is 0 Å². The fourth-order valence-electron chi connectivity index (χ4n) is 2.47. The minimum Gasteiger partial charge on any atom is -0.374 e. The van der Waals surface area contributed by atoms with Crippen LogP contribution in [0.2, 0.25) is 0 Å². The number of morpholine rings is 1. The van der Waals surface area contributed by atoms with Crippen LogP contribution in [0.25, 0.3) is 0 Å². The Hall–Kier alpha value is -0.120. The van der Waals surface area contributed by atoms with Crippen LogP contribution in [0.15, 0.2) is 0 Å². The van der Waals surface area contributed by atoms with Crippen LogP contribution in [0.3, 0.4) is 0 Å². The van der Waals surface area contributed by atoms with Crippen molar-refractivity contribution in [3.8, 4) is 0 Å². The van der Waals surface area contributed by atoms with Crippen molar-refractivity contribution in [1.29, 1.82) is 0 Å². The summed E-state index contributed by atoms with van der Waals surface area (Å²) in [7, 11) is 0. The van der Waals surface area contributed by atoms with Gasteiger partial charge in [0.15, 0.2) is 0 Å². The first kappa shape index (κ1) is 10.4. The monoisotopic (exact) mass is 198 g/mol. The highest BCUT2D eigenvalue weighted by atomic mass is 16.5. The van der Waals surface area contributed by atoms with Gasteiger partial charge in [0, 0.05) is 25.7 Å². The second kappa shape index (κ2) is 4.60. The lowest BCUT2D eigenvalue weighted by Crippen LogP contribution is -2.50. The molecule has 2 rings (SSSR count). The molecule has 0 radical (unpaired) electrons. The lowest BCUT2D eigenvalue weighted by molar-refractivity contribution is -0.0212. The van der Waals surface area contributed by atoms with Crippen molar-refractivity contribution in [1.82, 2.24) is 10.2 Å². The van der Waals surface area contributed by atoms with Gasteiger partial charge in [-0.1, -0.05) is 6.92 Å². The van der Waals surface area contributed by atoms with Crippen LogP contribution in [0.4, 0.5) is 0 Å². The normalized spacial score (nSPS) is 37.3. The molecule has 82 valence electrons. The average Bonchev–Trinajstić information content (AvgIpc) is 2.65. The fourth-order valence-corrected chi connectivity index (χ4v) is 2.47. The van der Waals surface area contributed by atoms with Gasteiger partial charge in [-0.25, -0.2) is 0 Å². The quantitative estimate of drug-likeness (QED) is 0.707. The van der Waals surface area contributed by atoms with Crippen molar-refractivity contribution in [2.45, 2.75) is 32.4 Å².